The van der Waals surface area contributed by atoms with Gasteiger partial charge in [-0.25, -0.2) is 8.42 Å². The largest absolute Gasteiger partial charge is 0.383 e. The van der Waals surface area contributed by atoms with Gasteiger partial charge in [0.05, 0.1) is 25.1 Å². The van der Waals surface area contributed by atoms with Gasteiger partial charge in [0.25, 0.3) is 0 Å². The number of methoxy groups -OCH3 is 1. The second kappa shape index (κ2) is 9.27. The van der Waals surface area contributed by atoms with Crippen molar-refractivity contribution in [2.75, 3.05) is 44.5 Å². The molecule has 0 unspecified atom stereocenters. The summed E-state index contributed by atoms with van der Waals surface area (Å²) in [6.07, 6.45) is 0.0498. The van der Waals surface area contributed by atoms with Crippen molar-refractivity contribution in [3.63, 3.8) is 0 Å². The number of nitrogens with zero attached hydrogens (tertiary/aromatic N) is 1. The predicted octanol–water partition coefficient (Wildman–Crippen LogP) is 1.08. The lowest BCUT2D eigenvalue weighted by Crippen LogP contribution is -2.38. The fraction of sp³-hybridized carbons (Fsp3) is 1.00. The van der Waals surface area contributed by atoms with Gasteiger partial charge in [0.15, 0.2) is 0 Å². The highest BCUT2D eigenvalue weighted by Gasteiger charge is 2.20. The monoisotopic (exact) mass is 331 g/mol. The van der Waals surface area contributed by atoms with E-state index in [1.54, 1.807) is 7.11 Å². The summed E-state index contributed by atoms with van der Waals surface area (Å²) < 4.78 is 35.5. The Bertz CT molecular complexity index is 282. The molecule has 0 rings (SSSR count). The molecule has 17 heavy (non-hydrogen) atoms. The fourth-order valence-corrected chi connectivity index (χ4v) is 3.15. The van der Waals surface area contributed by atoms with E-state index < -0.39 is 10.0 Å². The van der Waals surface area contributed by atoms with E-state index in [1.165, 1.54) is 4.31 Å². The van der Waals surface area contributed by atoms with E-state index in [-0.39, 0.29) is 18.5 Å². The average Bonchev–Trinajstić information content (AvgIpc) is 2.23. The Hall–Kier alpha value is 0.310. The number of ether oxygens (including phenoxy) is 2. The minimum atomic E-state index is -3.25. The van der Waals surface area contributed by atoms with Crippen molar-refractivity contribution < 1.29 is 17.9 Å². The van der Waals surface area contributed by atoms with E-state index >= 15 is 0 Å². The third kappa shape index (κ3) is 8.10. The van der Waals surface area contributed by atoms with Gasteiger partial charge in [-0.3, -0.25) is 0 Å². The average molecular weight is 332 g/mol. The van der Waals surface area contributed by atoms with E-state index in [4.69, 9.17) is 9.47 Å². The molecule has 0 saturated heterocycles. The maximum Gasteiger partial charge on any atom is 0.216 e. The summed E-state index contributed by atoms with van der Waals surface area (Å²) in [5.74, 6) is 0.0158. The van der Waals surface area contributed by atoms with Crippen LogP contribution in [0, 0.1) is 0 Å². The molecule has 104 valence electrons. The van der Waals surface area contributed by atoms with Crippen molar-refractivity contribution in [2.24, 2.45) is 0 Å². The Balaban J connectivity index is 4.28. The number of hydrogen-bond acceptors (Lipinski definition) is 4. The van der Waals surface area contributed by atoms with Gasteiger partial charge in [0.2, 0.25) is 10.0 Å². The molecule has 0 amide bonds. The van der Waals surface area contributed by atoms with E-state index in [0.717, 1.165) is 0 Å². The van der Waals surface area contributed by atoms with Crippen molar-refractivity contribution in [1.82, 2.24) is 4.31 Å². The van der Waals surface area contributed by atoms with Crippen LogP contribution >= 0.6 is 15.9 Å². The van der Waals surface area contributed by atoms with Gasteiger partial charge in [-0.1, -0.05) is 15.9 Å². The summed E-state index contributed by atoms with van der Waals surface area (Å²) >= 11 is 3.25. The smallest absolute Gasteiger partial charge is 0.216 e. The first-order chi connectivity index (χ1) is 7.94. The molecular weight excluding hydrogens is 310 g/mol. The van der Waals surface area contributed by atoms with Gasteiger partial charge < -0.3 is 9.47 Å². The molecule has 0 aliphatic carbocycles. The summed E-state index contributed by atoms with van der Waals surface area (Å²) in [6, 6.07) is 0. The highest BCUT2D eigenvalue weighted by Crippen LogP contribution is 2.03. The van der Waals surface area contributed by atoms with Crippen molar-refractivity contribution in [2.45, 2.75) is 20.0 Å². The van der Waals surface area contributed by atoms with Gasteiger partial charge in [-0.15, -0.1) is 0 Å². The molecule has 0 aromatic rings. The third-order valence-electron chi connectivity index (χ3n) is 2.06. The second-order valence-corrected chi connectivity index (χ2v) is 6.70. The van der Waals surface area contributed by atoms with E-state index in [1.807, 2.05) is 13.8 Å². The molecule has 0 aliphatic rings. The Morgan fingerprint density at radius 3 is 2.35 bits per heavy atom. The SMILES string of the molecule is COCCN(CCBr)S(=O)(=O)CCOC(C)C. The molecule has 0 bridgehead atoms. The lowest BCUT2D eigenvalue weighted by Gasteiger charge is -2.21. The van der Waals surface area contributed by atoms with Crippen LogP contribution in [-0.4, -0.2) is 63.3 Å². The highest BCUT2D eigenvalue weighted by molar-refractivity contribution is 9.09. The zero-order chi connectivity index (χ0) is 13.3. The molecule has 0 saturated carbocycles. The van der Waals surface area contributed by atoms with Crippen LogP contribution < -0.4 is 0 Å². The molecule has 0 aromatic heterocycles. The minimum absolute atomic E-state index is 0.0158. The molecule has 7 heteroatoms. The Kier molecular flexibility index (Phi) is 9.44. The molecule has 5 nitrogen and oxygen atoms in total. The van der Waals surface area contributed by atoms with Crippen molar-refractivity contribution >= 4 is 26.0 Å². The van der Waals surface area contributed by atoms with Crippen LogP contribution in [0.1, 0.15) is 13.8 Å². The number of alkyl halides is 1. The van der Waals surface area contributed by atoms with Gasteiger partial charge >= 0.3 is 0 Å². The highest BCUT2D eigenvalue weighted by atomic mass is 79.9. The van der Waals surface area contributed by atoms with Gasteiger partial charge in [0.1, 0.15) is 0 Å². The lowest BCUT2D eigenvalue weighted by atomic mass is 10.5. The molecule has 0 N–H and O–H groups in total. The van der Waals surface area contributed by atoms with Crippen molar-refractivity contribution in [1.29, 1.82) is 0 Å². The van der Waals surface area contributed by atoms with Crippen molar-refractivity contribution in [3.8, 4) is 0 Å². The van der Waals surface area contributed by atoms with E-state index in [2.05, 4.69) is 15.9 Å². The van der Waals surface area contributed by atoms with Gasteiger partial charge in [-0.05, 0) is 13.8 Å². The summed E-state index contributed by atoms with van der Waals surface area (Å²) in [7, 11) is -1.70. The number of rotatable bonds is 10. The Morgan fingerprint density at radius 2 is 1.88 bits per heavy atom. The van der Waals surface area contributed by atoms with Crippen LogP contribution in [0.3, 0.4) is 0 Å². The summed E-state index contributed by atoms with van der Waals surface area (Å²) in [4.78, 5) is 0. The Labute approximate surface area is 113 Å². The van der Waals surface area contributed by atoms with Crippen molar-refractivity contribution in [3.05, 3.63) is 0 Å². The molecule has 0 fully saturated rings. The first-order valence-electron chi connectivity index (χ1n) is 5.58. The zero-order valence-electron chi connectivity index (χ0n) is 10.7. The van der Waals surface area contributed by atoms with E-state index in [9.17, 15) is 8.42 Å². The number of halogens is 1. The maximum absolute atomic E-state index is 12.0. The number of sulfonamides is 1. The normalized spacial score (nSPS) is 12.6. The maximum atomic E-state index is 12.0. The molecule has 0 aliphatic heterocycles. The molecule has 0 heterocycles. The zero-order valence-corrected chi connectivity index (χ0v) is 13.1. The summed E-state index contributed by atoms with van der Waals surface area (Å²) in [5.41, 5.74) is 0. The quantitative estimate of drug-likeness (QED) is 0.562. The van der Waals surface area contributed by atoms with E-state index in [0.29, 0.717) is 25.0 Å². The minimum Gasteiger partial charge on any atom is -0.383 e. The molecule has 0 radical (unpaired) electrons. The molecule has 0 atom stereocenters. The van der Waals surface area contributed by atoms with Gasteiger partial charge in [-0.2, -0.15) is 4.31 Å². The Morgan fingerprint density at radius 1 is 1.24 bits per heavy atom. The van der Waals surface area contributed by atoms with Gasteiger partial charge in [0, 0.05) is 25.5 Å². The van der Waals surface area contributed by atoms with Crippen LogP contribution in [0.4, 0.5) is 0 Å². The molecular formula is C10H22BrNO4S. The first-order valence-corrected chi connectivity index (χ1v) is 8.31. The molecule has 0 aromatic carbocycles. The fourth-order valence-electron chi connectivity index (χ4n) is 1.20. The van der Waals surface area contributed by atoms with Crippen LogP contribution in [0.5, 0.6) is 0 Å². The van der Waals surface area contributed by atoms with Crippen LogP contribution in [0.25, 0.3) is 0 Å². The third-order valence-corrected chi connectivity index (χ3v) is 4.25. The topological polar surface area (TPSA) is 55.8 Å². The summed E-state index contributed by atoms with van der Waals surface area (Å²) in [5, 5.41) is 0.612. The van der Waals surface area contributed by atoms with Crippen LogP contribution in [0.15, 0.2) is 0 Å². The standard InChI is InChI=1S/C10H22BrNO4S/c1-10(2)16-8-9-17(13,14)12(5-4-11)6-7-15-3/h10H,4-9H2,1-3H3. The number of hydrogen-bond donors (Lipinski definition) is 0. The lowest BCUT2D eigenvalue weighted by molar-refractivity contribution is 0.0905. The van der Waals surface area contributed by atoms with Crippen LogP contribution in [-0.2, 0) is 19.5 Å². The first kappa shape index (κ1) is 17.3. The second-order valence-electron chi connectivity index (χ2n) is 3.82. The molecule has 0 spiro atoms. The predicted molar refractivity (Wildman–Crippen MR) is 72.1 cm³/mol. The van der Waals surface area contributed by atoms with Crippen LogP contribution in [0.2, 0.25) is 0 Å². The summed E-state index contributed by atoms with van der Waals surface area (Å²) in [6.45, 7) is 5.23.